The number of ether oxygens (including phenoxy) is 1. The molecule has 1 heterocycles. The van der Waals surface area contributed by atoms with Gasteiger partial charge in [0.15, 0.2) is 0 Å². The fourth-order valence-electron chi connectivity index (χ4n) is 5.36. The lowest BCUT2D eigenvalue weighted by atomic mass is 9.88. The van der Waals surface area contributed by atoms with E-state index in [1.807, 2.05) is 23.1 Å². The Morgan fingerprint density at radius 2 is 1.88 bits per heavy atom. The Morgan fingerprint density at radius 1 is 1.06 bits per heavy atom. The van der Waals surface area contributed by atoms with Crippen LogP contribution in [0.15, 0.2) is 54.6 Å². The van der Waals surface area contributed by atoms with Crippen LogP contribution in [-0.4, -0.2) is 35.5 Å². The minimum absolute atomic E-state index is 0.0809. The van der Waals surface area contributed by atoms with E-state index in [0.717, 1.165) is 29.5 Å². The molecule has 0 saturated carbocycles. The van der Waals surface area contributed by atoms with E-state index in [4.69, 9.17) is 4.74 Å². The van der Waals surface area contributed by atoms with E-state index in [2.05, 4.69) is 6.07 Å². The van der Waals surface area contributed by atoms with Gasteiger partial charge in [-0.25, -0.2) is 4.39 Å². The van der Waals surface area contributed by atoms with Crippen LogP contribution in [0.25, 0.3) is 11.1 Å². The molecule has 0 radical (unpaired) electrons. The quantitative estimate of drug-likeness (QED) is 0.598. The van der Waals surface area contributed by atoms with Gasteiger partial charge < -0.3 is 14.7 Å². The number of carbonyl (C=O) groups excluding carboxylic acids is 1. The van der Waals surface area contributed by atoms with Crippen molar-refractivity contribution in [3.05, 3.63) is 88.2 Å². The largest absolute Gasteiger partial charge is 0.496 e. The SMILES string of the molecule is COc1ccc(CC(=O)O)cc1-c1ccc(F)c2c1CN(C(=O)C1CCc3ccccc31)CC2. The van der Waals surface area contributed by atoms with Crippen LogP contribution < -0.4 is 4.74 Å². The van der Waals surface area contributed by atoms with Crippen LogP contribution in [-0.2, 0) is 35.4 Å². The monoisotopic (exact) mass is 459 g/mol. The molecule has 1 aliphatic heterocycles. The Morgan fingerprint density at radius 3 is 2.68 bits per heavy atom. The van der Waals surface area contributed by atoms with Gasteiger partial charge in [0, 0.05) is 18.7 Å². The number of carbonyl (C=O) groups is 2. The standard InChI is InChI=1S/C28H26FNO4/c1-34-26-11-6-17(15-27(31)32)14-23(26)20-9-10-25(29)21-12-13-30(16-24(20)21)28(33)22-8-7-18-4-2-3-5-19(18)22/h2-6,9-11,14,22H,7-8,12-13,15-16H2,1H3,(H,31,32). The highest BCUT2D eigenvalue weighted by Gasteiger charge is 2.34. The Labute approximate surface area is 197 Å². The lowest BCUT2D eigenvalue weighted by molar-refractivity contribution is -0.136. The van der Waals surface area contributed by atoms with E-state index in [1.165, 1.54) is 11.6 Å². The number of nitrogens with zero attached hydrogens (tertiary/aromatic N) is 1. The average Bonchev–Trinajstić information content (AvgIpc) is 3.27. The third kappa shape index (κ3) is 3.94. The van der Waals surface area contributed by atoms with Gasteiger partial charge in [0.2, 0.25) is 5.91 Å². The Bertz CT molecular complexity index is 1290. The molecule has 1 atom stereocenters. The summed E-state index contributed by atoms with van der Waals surface area (Å²) in [4.78, 5) is 26.6. The fourth-order valence-corrected chi connectivity index (χ4v) is 5.36. The molecule has 3 aromatic carbocycles. The lowest BCUT2D eigenvalue weighted by Gasteiger charge is -2.33. The van der Waals surface area contributed by atoms with Crippen molar-refractivity contribution in [1.29, 1.82) is 0 Å². The molecule has 0 fully saturated rings. The maximum Gasteiger partial charge on any atom is 0.307 e. The number of fused-ring (bicyclic) bond motifs is 2. The number of halogens is 1. The number of benzene rings is 3. The highest BCUT2D eigenvalue weighted by Crippen LogP contribution is 2.40. The van der Waals surface area contributed by atoms with Crippen molar-refractivity contribution in [1.82, 2.24) is 4.90 Å². The molecule has 0 aromatic heterocycles. The smallest absolute Gasteiger partial charge is 0.307 e. The van der Waals surface area contributed by atoms with E-state index in [1.54, 1.807) is 31.4 Å². The molecule has 1 N–H and O–H groups in total. The van der Waals surface area contributed by atoms with Gasteiger partial charge >= 0.3 is 5.97 Å². The molecule has 1 amide bonds. The van der Waals surface area contributed by atoms with Crippen LogP contribution in [0.4, 0.5) is 4.39 Å². The number of carboxylic acid groups (broad SMARTS) is 1. The summed E-state index contributed by atoms with van der Waals surface area (Å²) in [5.41, 5.74) is 5.80. The molecule has 0 spiro atoms. The summed E-state index contributed by atoms with van der Waals surface area (Å²) < 4.78 is 20.4. The van der Waals surface area contributed by atoms with Gasteiger partial charge in [-0.15, -0.1) is 0 Å². The Kier molecular flexibility index (Phi) is 5.82. The van der Waals surface area contributed by atoms with E-state index in [-0.39, 0.29) is 24.1 Å². The zero-order chi connectivity index (χ0) is 23.8. The number of hydrogen-bond donors (Lipinski definition) is 1. The second-order valence-corrected chi connectivity index (χ2v) is 8.96. The summed E-state index contributed by atoms with van der Waals surface area (Å²) in [6, 6.07) is 16.5. The molecule has 5 nitrogen and oxygen atoms in total. The summed E-state index contributed by atoms with van der Waals surface area (Å²) in [6.45, 7) is 0.785. The predicted octanol–water partition coefficient (Wildman–Crippen LogP) is 4.74. The number of carboxylic acids is 1. The third-order valence-electron chi connectivity index (χ3n) is 7.01. The topological polar surface area (TPSA) is 66.8 Å². The van der Waals surface area contributed by atoms with Gasteiger partial charge in [0.05, 0.1) is 19.4 Å². The van der Waals surface area contributed by atoms with Crippen molar-refractivity contribution in [2.45, 2.75) is 38.1 Å². The van der Waals surface area contributed by atoms with Gasteiger partial charge in [-0.1, -0.05) is 36.4 Å². The predicted molar refractivity (Wildman–Crippen MR) is 126 cm³/mol. The molecular formula is C28H26FNO4. The molecule has 1 aliphatic carbocycles. The molecule has 2 aliphatic rings. The van der Waals surface area contributed by atoms with Gasteiger partial charge in [-0.05, 0) is 70.8 Å². The van der Waals surface area contributed by atoms with Crippen LogP contribution in [0.2, 0.25) is 0 Å². The van der Waals surface area contributed by atoms with Crippen LogP contribution >= 0.6 is 0 Å². The summed E-state index contributed by atoms with van der Waals surface area (Å²) in [5.74, 6) is -0.708. The summed E-state index contributed by atoms with van der Waals surface area (Å²) in [6.07, 6.45) is 2.01. The summed E-state index contributed by atoms with van der Waals surface area (Å²) in [7, 11) is 1.55. The minimum atomic E-state index is -0.925. The van der Waals surface area contributed by atoms with Crippen molar-refractivity contribution in [2.24, 2.45) is 0 Å². The van der Waals surface area contributed by atoms with Crippen LogP contribution in [0.5, 0.6) is 5.75 Å². The van der Waals surface area contributed by atoms with Crippen molar-refractivity contribution in [2.75, 3.05) is 13.7 Å². The van der Waals surface area contributed by atoms with E-state index >= 15 is 0 Å². The van der Waals surface area contributed by atoms with Crippen molar-refractivity contribution < 1.29 is 23.8 Å². The minimum Gasteiger partial charge on any atom is -0.496 e. The number of hydrogen-bond acceptors (Lipinski definition) is 3. The second kappa shape index (κ2) is 8.93. The van der Waals surface area contributed by atoms with Crippen molar-refractivity contribution in [3.8, 4) is 16.9 Å². The molecule has 5 rings (SSSR count). The highest BCUT2D eigenvalue weighted by molar-refractivity contribution is 5.86. The normalized spacial score (nSPS) is 16.6. The van der Waals surface area contributed by atoms with Crippen LogP contribution in [0.3, 0.4) is 0 Å². The second-order valence-electron chi connectivity index (χ2n) is 8.96. The molecule has 0 saturated heterocycles. The number of aliphatic carboxylic acids is 1. The Balaban J connectivity index is 1.52. The van der Waals surface area contributed by atoms with E-state index in [0.29, 0.717) is 42.0 Å². The molecule has 174 valence electrons. The first-order valence-corrected chi connectivity index (χ1v) is 11.5. The van der Waals surface area contributed by atoms with Gasteiger partial charge in [0.1, 0.15) is 11.6 Å². The first kappa shape index (κ1) is 22.1. The number of rotatable bonds is 5. The average molecular weight is 460 g/mol. The zero-order valence-corrected chi connectivity index (χ0v) is 19.0. The van der Waals surface area contributed by atoms with E-state index in [9.17, 15) is 19.1 Å². The molecule has 6 heteroatoms. The first-order chi connectivity index (χ1) is 16.5. The lowest BCUT2D eigenvalue weighted by Crippen LogP contribution is -2.39. The zero-order valence-electron chi connectivity index (χ0n) is 19.0. The maximum absolute atomic E-state index is 14.8. The number of methoxy groups -OCH3 is 1. The van der Waals surface area contributed by atoms with Crippen molar-refractivity contribution in [3.63, 3.8) is 0 Å². The summed E-state index contributed by atoms with van der Waals surface area (Å²) in [5, 5.41) is 9.23. The third-order valence-corrected chi connectivity index (χ3v) is 7.01. The Hall–Kier alpha value is -3.67. The van der Waals surface area contributed by atoms with Gasteiger partial charge in [-0.2, -0.15) is 0 Å². The maximum atomic E-state index is 14.8. The number of amides is 1. The molecule has 34 heavy (non-hydrogen) atoms. The molecule has 3 aromatic rings. The van der Waals surface area contributed by atoms with Crippen LogP contribution in [0, 0.1) is 5.82 Å². The van der Waals surface area contributed by atoms with E-state index < -0.39 is 5.97 Å². The number of aryl methyl sites for hydroxylation is 1. The first-order valence-electron chi connectivity index (χ1n) is 11.5. The molecular weight excluding hydrogens is 433 g/mol. The van der Waals surface area contributed by atoms with Gasteiger partial charge in [-0.3, -0.25) is 9.59 Å². The van der Waals surface area contributed by atoms with Crippen molar-refractivity contribution >= 4 is 11.9 Å². The molecule has 1 unspecified atom stereocenters. The highest BCUT2D eigenvalue weighted by atomic mass is 19.1. The van der Waals surface area contributed by atoms with Crippen LogP contribution in [0.1, 0.15) is 40.2 Å². The summed E-state index contributed by atoms with van der Waals surface area (Å²) >= 11 is 0. The fraction of sp³-hybridized carbons (Fsp3) is 0.286. The van der Waals surface area contributed by atoms with Gasteiger partial charge in [0.25, 0.3) is 0 Å². The molecule has 0 bridgehead atoms.